The highest BCUT2D eigenvalue weighted by molar-refractivity contribution is 5.99. The molecular formula is C16H20N4O3. The van der Waals surface area contributed by atoms with Crippen molar-refractivity contribution in [1.29, 1.82) is 0 Å². The van der Waals surface area contributed by atoms with Crippen LogP contribution in [0.4, 0.5) is 10.5 Å². The molecule has 1 aromatic carbocycles. The van der Waals surface area contributed by atoms with Gasteiger partial charge in [0.25, 0.3) is 5.91 Å². The van der Waals surface area contributed by atoms with Gasteiger partial charge in [0, 0.05) is 24.7 Å². The minimum atomic E-state index is -0.507. The van der Waals surface area contributed by atoms with Crippen LogP contribution < -0.4 is 10.6 Å². The van der Waals surface area contributed by atoms with E-state index in [9.17, 15) is 9.59 Å². The third-order valence-corrected chi connectivity index (χ3v) is 3.77. The lowest BCUT2D eigenvalue weighted by Crippen LogP contribution is -2.43. The van der Waals surface area contributed by atoms with E-state index in [-0.39, 0.29) is 17.9 Å². The van der Waals surface area contributed by atoms with Crippen LogP contribution in [0.15, 0.2) is 22.6 Å². The average molecular weight is 316 g/mol. The molecule has 1 aliphatic rings. The van der Waals surface area contributed by atoms with Crippen LogP contribution in [-0.2, 0) is 4.79 Å². The highest BCUT2D eigenvalue weighted by atomic mass is 16.3. The maximum atomic E-state index is 12.3. The van der Waals surface area contributed by atoms with Gasteiger partial charge in [-0.2, -0.15) is 0 Å². The topological polar surface area (TPSA) is 87.5 Å². The number of benzene rings is 1. The molecule has 0 unspecified atom stereocenters. The summed E-state index contributed by atoms with van der Waals surface area (Å²) in [5.74, 6) is 0.658. The van der Waals surface area contributed by atoms with Gasteiger partial charge in [0.2, 0.25) is 0 Å². The molecule has 1 aliphatic heterocycles. The molecule has 3 amide bonds. The quantitative estimate of drug-likeness (QED) is 0.903. The molecule has 122 valence electrons. The van der Waals surface area contributed by atoms with Gasteiger partial charge >= 0.3 is 6.03 Å². The molecule has 0 bridgehead atoms. The molecule has 0 spiro atoms. The van der Waals surface area contributed by atoms with Crippen molar-refractivity contribution >= 4 is 28.7 Å². The number of carbonyl (C=O) groups is 2. The lowest BCUT2D eigenvalue weighted by atomic mass is 10.2. The molecule has 1 aromatic heterocycles. The Morgan fingerprint density at radius 1 is 1.39 bits per heavy atom. The Kier molecular flexibility index (Phi) is 3.94. The minimum absolute atomic E-state index is 0.216. The summed E-state index contributed by atoms with van der Waals surface area (Å²) in [6.45, 7) is 6.68. The van der Waals surface area contributed by atoms with Gasteiger partial charge in [0.15, 0.2) is 11.5 Å². The molecule has 0 saturated carbocycles. The van der Waals surface area contributed by atoms with Gasteiger partial charge in [-0.15, -0.1) is 0 Å². The molecule has 1 fully saturated rings. The Labute approximate surface area is 134 Å². The molecular weight excluding hydrogens is 296 g/mol. The summed E-state index contributed by atoms with van der Waals surface area (Å²) in [6, 6.07) is 4.67. The molecule has 2 heterocycles. The molecule has 23 heavy (non-hydrogen) atoms. The van der Waals surface area contributed by atoms with Crippen molar-refractivity contribution in [3.63, 3.8) is 0 Å². The van der Waals surface area contributed by atoms with Crippen LogP contribution in [0.2, 0.25) is 0 Å². The van der Waals surface area contributed by atoms with Crippen LogP contribution in [-0.4, -0.2) is 41.0 Å². The number of oxazole rings is 1. The first-order valence-corrected chi connectivity index (χ1v) is 7.72. The number of urea groups is 1. The predicted octanol–water partition coefficient (Wildman–Crippen LogP) is 2.30. The monoisotopic (exact) mass is 316 g/mol. The second kappa shape index (κ2) is 5.91. The van der Waals surface area contributed by atoms with E-state index in [0.29, 0.717) is 19.0 Å². The first kappa shape index (κ1) is 15.3. The lowest BCUT2D eigenvalue weighted by molar-refractivity contribution is -0.128. The predicted molar refractivity (Wildman–Crippen MR) is 86.3 cm³/mol. The summed E-state index contributed by atoms with van der Waals surface area (Å²) in [7, 11) is 0. The molecule has 1 saturated heterocycles. The Balaban J connectivity index is 1.75. The second-order valence-electron chi connectivity index (χ2n) is 5.98. The van der Waals surface area contributed by atoms with Gasteiger partial charge in [-0.05, 0) is 25.1 Å². The number of nitrogens with zero attached hydrogens (tertiary/aromatic N) is 2. The summed E-state index contributed by atoms with van der Waals surface area (Å²) in [5, 5.41) is 5.74. The van der Waals surface area contributed by atoms with Gasteiger partial charge in [-0.1, -0.05) is 13.8 Å². The van der Waals surface area contributed by atoms with Crippen LogP contribution in [0.25, 0.3) is 11.1 Å². The van der Waals surface area contributed by atoms with E-state index in [1.54, 1.807) is 6.92 Å². The minimum Gasteiger partial charge on any atom is -0.440 e. The Morgan fingerprint density at radius 3 is 2.83 bits per heavy atom. The zero-order valence-electron chi connectivity index (χ0n) is 13.4. The Bertz CT molecular complexity index is 753. The number of nitrogens with one attached hydrogen (secondary N) is 2. The SMILES string of the molecule is CC(C)c1nc2cc(N[C@@H](C)C(=O)N3CCNC3=O)ccc2o1. The lowest BCUT2D eigenvalue weighted by Gasteiger charge is -2.19. The van der Waals surface area contributed by atoms with Crippen molar-refractivity contribution in [2.75, 3.05) is 18.4 Å². The third kappa shape index (κ3) is 2.99. The highest BCUT2D eigenvalue weighted by Gasteiger charge is 2.29. The molecule has 0 radical (unpaired) electrons. The van der Waals surface area contributed by atoms with E-state index in [4.69, 9.17) is 4.42 Å². The van der Waals surface area contributed by atoms with Gasteiger partial charge in [-0.3, -0.25) is 9.69 Å². The number of anilines is 1. The van der Waals surface area contributed by atoms with E-state index < -0.39 is 6.04 Å². The van der Waals surface area contributed by atoms with Gasteiger partial charge in [-0.25, -0.2) is 9.78 Å². The molecule has 1 atom stereocenters. The van der Waals surface area contributed by atoms with Crippen LogP contribution in [0.5, 0.6) is 0 Å². The summed E-state index contributed by atoms with van der Waals surface area (Å²) in [5.41, 5.74) is 2.23. The fraction of sp³-hybridized carbons (Fsp3) is 0.438. The van der Waals surface area contributed by atoms with Crippen molar-refractivity contribution < 1.29 is 14.0 Å². The summed E-state index contributed by atoms with van der Waals surface area (Å²) >= 11 is 0. The molecule has 2 aromatic rings. The van der Waals surface area contributed by atoms with Gasteiger partial charge in [0.05, 0.1) is 0 Å². The van der Waals surface area contributed by atoms with E-state index in [1.165, 1.54) is 4.90 Å². The average Bonchev–Trinajstić information content (AvgIpc) is 3.12. The molecule has 3 rings (SSSR count). The zero-order chi connectivity index (χ0) is 16.6. The first-order chi connectivity index (χ1) is 11.0. The number of imide groups is 1. The van der Waals surface area contributed by atoms with Gasteiger partial charge in [0.1, 0.15) is 11.6 Å². The molecule has 2 N–H and O–H groups in total. The normalized spacial score (nSPS) is 16.0. The second-order valence-corrected chi connectivity index (χ2v) is 5.98. The number of hydrogen-bond acceptors (Lipinski definition) is 5. The van der Waals surface area contributed by atoms with E-state index in [2.05, 4.69) is 15.6 Å². The maximum Gasteiger partial charge on any atom is 0.324 e. The fourth-order valence-electron chi connectivity index (χ4n) is 2.51. The van der Waals surface area contributed by atoms with Crippen molar-refractivity contribution in [2.45, 2.75) is 32.7 Å². The number of aromatic nitrogens is 1. The number of amides is 3. The fourth-order valence-corrected chi connectivity index (χ4v) is 2.51. The maximum absolute atomic E-state index is 12.3. The van der Waals surface area contributed by atoms with E-state index in [1.807, 2.05) is 32.0 Å². The molecule has 7 nitrogen and oxygen atoms in total. The van der Waals surface area contributed by atoms with E-state index in [0.717, 1.165) is 16.8 Å². The summed E-state index contributed by atoms with van der Waals surface area (Å²) < 4.78 is 5.67. The van der Waals surface area contributed by atoms with Gasteiger partial charge < -0.3 is 15.1 Å². The number of hydrogen-bond donors (Lipinski definition) is 2. The molecule has 7 heteroatoms. The number of fused-ring (bicyclic) bond motifs is 1. The zero-order valence-corrected chi connectivity index (χ0v) is 13.4. The number of carbonyl (C=O) groups excluding carboxylic acids is 2. The van der Waals surface area contributed by atoms with Crippen molar-refractivity contribution in [1.82, 2.24) is 15.2 Å². The van der Waals surface area contributed by atoms with Crippen LogP contribution >= 0.6 is 0 Å². The molecule has 0 aliphatic carbocycles. The van der Waals surface area contributed by atoms with Crippen LogP contribution in [0.3, 0.4) is 0 Å². The summed E-state index contributed by atoms with van der Waals surface area (Å²) in [4.78, 5) is 29.5. The largest absolute Gasteiger partial charge is 0.440 e. The third-order valence-electron chi connectivity index (χ3n) is 3.77. The number of rotatable bonds is 4. The van der Waals surface area contributed by atoms with Crippen LogP contribution in [0.1, 0.15) is 32.6 Å². The van der Waals surface area contributed by atoms with Crippen molar-refractivity contribution in [3.8, 4) is 0 Å². The highest BCUT2D eigenvalue weighted by Crippen LogP contribution is 2.24. The van der Waals surface area contributed by atoms with E-state index >= 15 is 0 Å². The van der Waals surface area contributed by atoms with Crippen LogP contribution in [0, 0.1) is 0 Å². The van der Waals surface area contributed by atoms with Crippen molar-refractivity contribution in [3.05, 3.63) is 24.1 Å². The standard InChI is InChI=1S/C16H20N4O3/c1-9(2)14-19-12-8-11(4-5-13(12)23-14)18-10(3)15(21)20-7-6-17-16(20)22/h4-5,8-10,18H,6-7H2,1-3H3,(H,17,22)/t10-/m0/s1. The Morgan fingerprint density at radius 2 is 2.17 bits per heavy atom. The smallest absolute Gasteiger partial charge is 0.324 e. The Hall–Kier alpha value is -2.57. The summed E-state index contributed by atoms with van der Waals surface area (Å²) in [6.07, 6.45) is 0. The van der Waals surface area contributed by atoms with Crippen molar-refractivity contribution in [2.24, 2.45) is 0 Å². The first-order valence-electron chi connectivity index (χ1n) is 7.72.